The number of hydrogen-bond acceptors (Lipinski definition) is 3. The minimum absolute atomic E-state index is 0. The molecule has 0 spiro atoms. The van der Waals surface area contributed by atoms with E-state index in [0.717, 1.165) is 4.57 Å². The summed E-state index contributed by atoms with van der Waals surface area (Å²) in [6.07, 6.45) is 0. The first-order valence-electron chi connectivity index (χ1n) is 3.06. The van der Waals surface area contributed by atoms with Gasteiger partial charge in [-0.15, -0.1) is 0 Å². The van der Waals surface area contributed by atoms with E-state index >= 15 is 0 Å². The molecule has 6 heteroatoms. The van der Waals surface area contributed by atoms with Gasteiger partial charge in [0.2, 0.25) is 0 Å². The maximum atomic E-state index is 11.1. The number of nitrogen functional groups attached to an aromatic ring is 1. The second-order valence-electron chi connectivity index (χ2n) is 2.31. The fourth-order valence-electron chi connectivity index (χ4n) is 0.750. The molecule has 0 aliphatic heterocycles. The van der Waals surface area contributed by atoms with Crippen LogP contribution in [0.4, 0.5) is 5.82 Å². The fourth-order valence-corrected chi connectivity index (χ4v) is 0.750. The van der Waals surface area contributed by atoms with E-state index in [9.17, 15) is 9.59 Å². The van der Waals surface area contributed by atoms with Gasteiger partial charge >= 0.3 is 5.69 Å². The van der Waals surface area contributed by atoms with Gasteiger partial charge in [-0.05, 0) is 0 Å². The first kappa shape index (κ1) is 11.1. The van der Waals surface area contributed by atoms with Crippen molar-refractivity contribution in [2.45, 2.75) is 0 Å². The van der Waals surface area contributed by atoms with Gasteiger partial charge in [-0.2, -0.15) is 0 Å². The number of aromatic nitrogens is 2. The van der Waals surface area contributed by atoms with Crippen molar-refractivity contribution in [2.75, 3.05) is 5.73 Å². The van der Waals surface area contributed by atoms with Crippen LogP contribution in [0.25, 0.3) is 0 Å². The van der Waals surface area contributed by atoms with Crippen LogP contribution >= 0.6 is 0 Å². The van der Waals surface area contributed by atoms with Crippen molar-refractivity contribution in [2.24, 2.45) is 14.1 Å². The van der Waals surface area contributed by atoms with E-state index in [1.54, 1.807) is 0 Å². The molecule has 0 amide bonds. The molecule has 0 radical (unpaired) electrons. The van der Waals surface area contributed by atoms with Crippen LogP contribution in [0.3, 0.4) is 0 Å². The Labute approximate surface area is 81.6 Å². The van der Waals surface area contributed by atoms with Crippen LogP contribution in [0.2, 0.25) is 0 Å². The number of nitrogens with two attached hydrogens (primary N) is 1. The van der Waals surface area contributed by atoms with Gasteiger partial charge in [0, 0.05) is 39.6 Å². The van der Waals surface area contributed by atoms with Crippen molar-refractivity contribution in [3.63, 3.8) is 0 Å². The van der Waals surface area contributed by atoms with Gasteiger partial charge < -0.3 is 5.73 Å². The second kappa shape index (κ2) is 3.67. The van der Waals surface area contributed by atoms with E-state index in [4.69, 9.17) is 5.73 Å². The largest absolute Gasteiger partial charge is 0.385 e. The molecule has 0 bridgehead atoms. The molecule has 0 unspecified atom stereocenters. The molecular formula is C6H9N3O2Zn. The van der Waals surface area contributed by atoms with Crippen molar-refractivity contribution in [3.05, 3.63) is 26.9 Å². The third-order valence-corrected chi connectivity index (χ3v) is 1.56. The van der Waals surface area contributed by atoms with Crippen molar-refractivity contribution >= 4 is 5.82 Å². The number of hydrogen-bond donors (Lipinski definition) is 1. The van der Waals surface area contributed by atoms with Gasteiger partial charge in [0.15, 0.2) is 0 Å². The van der Waals surface area contributed by atoms with Crippen LogP contribution in [0.5, 0.6) is 0 Å². The van der Waals surface area contributed by atoms with Gasteiger partial charge in [0.05, 0.1) is 0 Å². The maximum absolute atomic E-state index is 11.1. The minimum atomic E-state index is -0.407. The molecule has 1 aromatic rings. The quantitative estimate of drug-likeness (QED) is 0.551. The summed E-state index contributed by atoms with van der Waals surface area (Å²) in [6, 6.07) is 1.21. The molecule has 1 aromatic heterocycles. The summed E-state index contributed by atoms with van der Waals surface area (Å²) >= 11 is 0. The number of nitrogens with zero attached hydrogens (tertiary/aromatic N) is 2. The minimum Gasteiger partial charge on any atom is -0.385 e. The van der Waals surface area contributed by atoms with Gasteiger partial charge in [0.1, 0.15) is 5.82 Å². The first-order chi connectivity index (χ1) is 5.04. The molecular weight excluding hydrogens is 211 g/mol. The summed E-state index contributed by atoms with van der Waals surface area (Å²) in [5, 5.41) is 0. The summed E-state index contributed by atoms with van der Waals surface area (Å²) in [4.78, 5) is 21.9. The van der Waals surface area contributed by atoms with E-state index < -0.39 is 5.69 Å². The molecule has 0 aliphatic carbocycles. The van der Waals surface area contributed by atoms with E-state index in [0.29, 0.717) is 0 Å². The van der Waals surface area contributed by atoms with Gasteiger partial charge in [-0.1, -0.05) is 0 Å². The summed E-state index contributed by atoms with van der Waals surface area (Å²) < 4.78 is 2.21. The Balaban J connectivity index is 0.00000121. The van der Waals surface area contributed by atoms with Gasteiger partial charge in [-0.3, -0.25) is 13.9 Å². The molecule has 62 valence electrons. The standard InChI is InChI=1S/C6H9N3O2.Zn/c1-8-4(7)3-5(10)9(2)6(8)11;/h3H,7H2,1-2H3;. The average Bonchev–Trinajstić information content (AvgIpc) is 1.97. The van der Waals surface area contributed by atoms with Crippen LogP contribution in [-0.4, -0.2) is 9.13 Å². The van der Waals surface area contributed by atoms with E-state index in [2.05, 4.69) is 0 Å². The predicted octanol–water partition coefficient (Wildman–Crippen LogP) is -1.34. The molecule has 1 rings (SSSR count). The summed E-state index contributed by atoms with van der Waals surface area (Å²) in [5.74, 6) is 0.179. The summed E-state index contributed by atoms with van der Waals surface area (Å²) in [7, 11) is 2.92. The predicted molar refractivity (Wildman–Crippen MR) is 41.3 cm³/mol. The molecule has 1 heterocycles. The molecule has 12 heavy (non-hydrogen) atoms. The van der Waals surface area contributed by atoms with Gasteiger partial charge in [-0.25, -0.2) is 4.79 Å². The Hall–Kier alpha value is -0.897. The zero-order valence-corrected chi connectivity index (χ0v) is 10.0. The number of anilines is 1. The smallest absolute Gasteiger partial charge is 0.332 e. The van der Waals surface area contributed by atoms with Crippen LogP contribution in [0, 0.1) is 0 Å². The van der Waals surface area contributed by atoms with Crippen molar-refractivity contribution in [1.82, 2.24) is 9.13 Å². The normalized spacial score (nSPS) is 9.17. The summed E-state index contributed by atoms with van der Waals surface area (Å²) in [5.41, 5.74) is 4.55. The van der Waals surface area contributed by atoms with Gasteiger partial charge in [0.25, 0.3) is 5.56 Å². The number of rotatable bonds is 0. The molecule has 0 saturated carbocycles. The molecule has 0 aliphatic rings. The van der Waals surface area contributed by atoms with Crippen LogP contribution in [0.1, 0.15) is 0 Å². The monoisotopic (exact) mass is 219 g/mol. The molecule has 0 atom stereocenters. The fraction of sp³-hybridized carbons (Fsp3) is 0.333. The molecule has 0 saturated heterocycles. The SMILES string of the molecule is Cn1c(N)cc(=O)n(C)c1=O.[Zn]. The third kappa shape index (κ3) is 1.64. The van der Waals surface area contributed by atoms with Crippen LogP contribution in [-0.2, 0) is 33.6 Å². The maximum Gasteiger partial charge on any atom is 0.332 e. The Morgan fingerprint density at radius 1 is 1.25 bits per heavy atom. The van der Waals surface area contributed by atoms with Crippen molar-refractivity contribution < 1.29 is 19.5 Å². The molecule has 5 nitrogen and oxygen atoms in total. The first-order valence-corrected chi connectivity index (χ1v) is 3.06. The third-order valence-electron chi connectivity index (χ3n) is 1.56. The Bertz CT molecular complexity index is 393. The molecule has 2 N–H and O–H groups in total. The topological polar surface area (TPSA) is 70.0 Å². The van der Waals surface area contributed by atoms with Crippen molar-refractivity contribution in [1.29, 1.82) is 0 Å². The van der Waals surface area contributed by atoms with Crippen LogP contribution in [0.15, 0.2) is 15.7 Å². The second-order valence-corrected chi connectivity index (χ2v) is 2.31. The zero-order valence-electron chi connectivity index (χ0n) is 7.07. The molecule has 0 aromatic carbocycles. The average molecular weight is 221 g/mol. The molecule has 0 fully saturated rings. The van der Waals surface area contributed by atoms with Crippen molar-refractivity contribution in [3.8, 4) is 0 Å². The van der Waals surface area contributed by atoms with E-state index in [1.807, 2.05) is 0 Å². The zero-order chi connectivity index (χ0) is 8.59. The summed E-state index contributed by atoms with van der Waals surface area (Å²) in [6.45, 7) is 0. The van der Waals surface area contributed by atoms with E-state index in [-0.39, 0.29) is 30.9 Å². The van der Waals surface area contributed by atoms with E-state index in [1.165, 1.54) is 24.7 Å². The van der Waals surface area contributed by atoms with Crippen LogP contribution < -0.4 is 17.0 Å². The Morgan fingerprint density at radius 2 is 1.75 bits per heavy atom. The Morgan fingerprint density at radius 3 is 2.25 bits per heavy atom. The Kier molecular flexibility index (Phi) is 3.40.